The number of benzene rings is 2. The molecule has 0 saturated carbocycles. The molecule has 1 amide bonds. The Hall–Kier alpha value is -1.86. The summed E-state index contributed by atoms with van der Waals surface area (Å²) in [5.74, 6) is -0.198. The van der Waals surface area contributed by atoms with Gasteiger partial charge in [0.1, 0.15) is 0 Å². The third kappa shape index (κ3) is 5.86. The average molecular weight is 425 g/mol. The van der Waals surface area contributed by atoms with Gasteiger partial charge in [0.25, 0.3) is 0 Å². The minimum absolute atomic E-state index is 0.0106. The quantitative estimate of drug-likeness (QED) is 0.707. The lowest BCUT2D eigenvalue weighted by atomic mass is 10.2. The molecule has 0 aromatic heterocycles. The first-order valence-electron chi connectivity index (χ1n) is 7.86. The predicted molar refractivity (Wildman–Crippen MR) is 105 cm³/mol. The zero-order valence-electron chi connectivity index (χ0n) is 14.1. The number of anilines is 2. The van der Waals surface area contributed by atoms with Gasteiger partial charge < -0.3 is 10.6 Å². The molecule has 2 rings (SSSR count). The summed E-state index contributed by atoms with van der Waals surface area (Å²) in [7, 11) is -3.16. The highest BCUT2D eigenvalue weighted by Gasteiger charge is 2.16. The van der Waals surface area contributed by atoms with Crippen LogP contribution >= 0.6 is 15.9 Å². The third-order valence-electron chi connectivity index (χ3n) is 3.61. The lowest BCUT2D eigenvalue weighted by molar-refractivity contribution is -0.114. The van der Waals surface area contributed by atoms with Gasteiger partial charge in [0, 0.05) is 10.2 Å². The predicted octanol–water partition coefficient (Wildman–Crippen LogP) is 3.82. The molecule has 134 valence electrons. The Balaban J connectivity index is 1.96. The minimum atomic E-state index is -3.16. The van der Waals surface area contributed by atoms with E-state index in [1.165, 1.54) is 0 Å². The molecule has 0 aliphatic carbocycles. The van der Waals surface area contributed by atoms with Gasteiger partial charge in [0.15, 0.2) is 9.84 Å². The van der Waals surface area contributed by atoms with Gasteiger partial charge in [-0.25, -0.2) is 8.42 Å². The van der Waals surface area contributed by atoms with Crippen molar-refractivity contribution >= 4 is 43.0 Å². The average Bonchev–Trinajstić information content (AvgIpc) is 2.55. The van der Waals surface area contributed by atoms with Crippen LogP contribution in [-0.4, -0.2) is 26.1 Å². The second-order valence-corrected chi connectivity index (χ2v) is 9.35. The van der Waals surface area contributed by atoms with Crippen molar-refractivity contribution in [3.8, 4) is 0 Å². The Kier molecular flexibility index (Phi) is 6.61. The first-order chi connectivity index (χ1) is 11.8. The fourth-order valence-corrected chi connectivity index (χ4v) is 3.47. The van der Waals surface area contributed by atoms with Gasteiger partial charge in [0.2, 0.25) is 5.91 Å². The molecule has 0 aliphatic rings. The largest absolute Gasteiger partial charge is 0.376 e. The Morgan fingerprint density at radius 2 is 1.84 bits per heavy atom. The second-order valence-electron chi connectivity index (χ2n) is 5.94. The van der Waals surface area contributed by atoms with Gasteiger partial charge in [0.05, 0.1) is 23.2 Å². The molecule has 0 saturated heterocycles. The topological polar surface area (TPSA) is 75.3 Å². The van der Waals surface area contributed by atoms with Crippen LogP contribution in [0, 0.1) is 0 Å². The van der Waals surface area contributed by atoms with Crippen LogP contribution in [0.4, 0.5) is 11.4 Å². The van der Waals surface area contributed by atoms with E-state index in [1.54, 1.807) is 44.2 Å². The maximum absolute atomic E-state index is 12.1. The zero-order chi connectivity index (χ0) is 18.4. The standard InChI is InChI=1S/C18H21BrN2O3S/c1-13(2)25(23,24)12-14-6-5-7-15(10-14)20-11-18(22)21-17-9-4-3-8-16(17)19/h3-10,13,20H,11-12H2,1-2H3,(H,21,22). The highest BCUT2D eigenvalue weighted by molar-refractivity contribution is 9.10. The monoisotopic (exact) mass is 424 g/mol. The number of amides is 1. The summed E-state index contributed by atoms with van der Waals surface area (Å²) in [6.07, 6.45) is 0. The second kappa shape index (κ2) is 8.49. The number of sulfone groups is 1. The summed E-state index contributed by atoms with van der Waals surface area (Å²) < 4.78 is 24.9. The summed E-state index contributed by atoms with van der Waals surface area (Å²) in [5.41, 5.74) is 2.11. The molecule has 0 heterocycles. The zero-order valence-corrected chi connectivity index (χ0v) is 16.5. The molecular formula is C18H21BrN2O3S. The number of para-hydroxylation sites is 1. The number of hydrogen-bond acceptors (Lipinski definition) is 4. The van der Waals surface area contributed by atoms with Gasteiger partial charge in [-0.1, -0.05) is 24.3 Å². The van der Waals surface area contributed by atoms with E-state index < -0.39 is 15.1 Å². The molecule has 0 spiro atoms. The maximum atomic E-state index is 12.1. The molecule has 0 radical (unpaired) electrons. The van der Waals surface area contributed by atoms with Crippen LogP contribution in [0.3, 0.4) is 0 Å². The van der Waals surface area contributed by atoms with Crippen LogP contribution < -0.4 is 10.6 Å². The van der Waals surface area contributed by atoms with Crippen LogP contribution in [0.5, 0.6) is 0 Å². The van der Waals surface area contributed by atoms with E-state index in [1.807, 2.05) is 18.2 Å². The molecular weight excluding hydrogens is 404 g/mol. The molecule has 2 aromatic carbocycles. The van der Waals surface area contributed by atoms with E-state index in [4.69, 9.17) is 0 Å². The Morgan fingerprint density at radius 1 is 1.12 bits per heavy atom. The number of nitrogens with one attached hydrogen (secondary N) is 2. The molecule has 0 unspecified atom stereocenters. The number of hydrogen-bond donors (Lipinski definition) is 2. The molecule has 5 nitrogen and oxygen atoms in total. The molecule has 25 heavy (non-hydrogen) atoms. The van der Waals surface area contributed by atoms with E-state index in [-0.39, 0.29) is 18.2 Å². The van der Waals surface area contributed by atoms with Gasteiger partial charge in [-0.2, -0.15) is 0 Å². The fraction of sp³-hybridized carbons (Fsp3) is 0.278. The smallest absolute Gasteiger partial charge is 0.243 e. The third-order valence-corrected chi connectivity index (χ3v) is 6.48. The Morgan fingerprint density at radius 3 is 2.52 bits per heavy atom. The first-order valence-corrected chi connectivity index (χ1v) is 10.4. The van der Waals surface area contributed by atoms with Gasteiger partial charge in [-0.3, -0.25) is 4.79 Å². The molecule has 0 aliphatic heterocycles. The number of halogens is 1. The lowest BCUT2D eigenvalue weighted by Gasteiger charge is -2.11. The van der Waals surface area contributed by atoms with Crippen molar-refractivity contribution in [2.24, 2.45) is 0 Å². The Labute approximate surface area is 156 Å². The van der Waals surface area contributed by atoms with Crippen molar-refractivity contribution in [2.45, 2.75) is 24.9 Å². The number of carbonyl (C=O) groups is 1. The summed E-state index contributed by atoms with van der Waals surface area (Å²) in [5, 5.41) is 5.40. The Bertz CT molecular complexity index is 851. The van der Waals surface area contributed by atoms with E-state index in [0.29, 0.717) is 16.9 Å². The van der Waals surface area contributed by atoms with Crippen molar-refractivity contribution in [3.05, 3.63) is 58.6 Å². The summed E-state index contributed by atoms with van der Waals surface area (Å²) >= 11 is 3.38. The van der Waals surface area contributed by atoms with Crippen LogP contribution in [0.25, 0.3) is 0 Å². The van der Waals surface area contributed by atoms with Crippen molar-refractivity contribution in [2.75, 3.05) is 17.2 Å². The van der Waals surface area contributed by atoms with Crippen molar-refractivity contribution in [1.82, 2.24) is 0 Å². The van der Waals surface area contributed by atoms with E-state index >= 15 is 0 Å². The van der Waals surface area contributed by atoms with Crippen LogP contribution in [0.2, 0.25) is 0 Å². The van der Waals surface area contributed by atoms with E-state index in [9.17, 15) is 13.2 Å². The van der Waals surface area contributed by atoms with Gasteiger partial charge in [-0.05, 0) is 59.6 Å². The highest BCUT2D eigenvalue weighted by atomic mass is 79.9. The van der Waals surface area contributed by atoms with Crippen molar-refractivity contribution in [3.63, 3.8) is 0 Å². The van der Waals surface area contributed by atoms with Crippen molar-refractivity contribution in [1.29, 1.82) is 0 Å². The maximum Gasteiger partial charge on any atom is 0.243 e. The fourth-order valence-electron chi connectivity index (χ4n) is 2.11. The molecule has 0 fully saturated rings. The number of rotatable bonds is 7. The summed E-state index contributed by atoms with van der Waals surface area (Å²) in [6, 6.07) is 14.5. The van der Waals surface area contributed by atoms with Gasteiger partial charge in [-0.15, -0.1) is 0 Å². The molecule has 2 aromatic rings. The molecule has 0 bridgehead atoms. The highest BCUT2D eigenvalue weighted by Crippen LogP contribution is 2.21. The lowest BCUT2D eigenvalue weighted by Crippen LogP contribution is -2.22. The van der Waals surface area contributed by atoms with Crippen LogP contribution in [0.15, 0.2) is 53.0 Å². The SMILES string of the molecule is CC(C)S(=O)(=O)Cc1cccc(NCC(=O)Nc2ccccc2Br)c1. The van der Waals surface area contributed by atoms with Crippen LogP contribution in [-0.2, 0) is 20.4 Å². The molecule has 2 N–H and O–H groups in total. The van der Waals surface area contributed by atoms with E-state index in [0.717, 1.165) is 4.47 Å². The summed E-state index contributed by atoms with van der Waals surface area (Å²) in [6.45, 7) is 3.43. The molecule has 0 atom stereocenters. The first kappa shape index (κ1) is 19.5. The van der Waals surface area contributed by atoms with Gasteiger partial charge >= 0.3 is 0 Å². The van der Waals surface area contributed by atoms with E-state index in [2.05, 4.69) is 26.6 Å². The van der Waals surface area contributed by atoms with Crippen LogP contribution in [0.1, 0.15) is 19.4 Å². The minimum Gasteiger partial charge on any atom is -0.376 e. The normalized spacial score (nSPS) is 11.4. The molecule has 7 heteroatoms. The number of carbonyl (C=O) groups excluding carboxylic acids is 1. The summed E-state index contributed by atoms with van der Waals surface area (Å²) in [4.78, 5) is 12.1. The van der Waals surface area contributed by atoms with Crippen molar-refractivity contribution < 1.29 is 13.2 Å².